The molecule has 4 saturated heterocycles. The fraction of sp³-hybridized carbons (Fsp3) is 0.944. The number of ether oxygens (including phenoxy) is 5. The van der Waals surface area contributed by atoms with Gasteiger partial charge in [-0.2, -0.15) is 8.61 Å². The molecule has 4 saturated carbocycles. The molecule has 0 aromatic rings. The molecule has 288 valence electrons. The minimum Gasteiger partial charge on any atom is -0.466 e. The highest BCUT2D eigenvalue weighted by Crippen LogP contribution is 2.72. The number of sulfonamides is 2. The molecule has 8 fully saturated rings. The zero-order chi connectivity index (χ0) is 36.6. The molecule has 10 atom stereocenters. The van der Waals surface area contributed by atoms with E-state index < -0.39 is 54.3 Å². The molecule has 0 aromatic heterocycles. The smallest absolute Gasteiger partial charge is 0.354 e. The van der Waals surface area contributed by atoms with Gasteiger partial charge >= 0.3 is 11.9 Å². The second-order valence-corrected chi connectivity index (χ2v) is 21.8. The Balaban J connectivity index is 1.16. The van der Waals surface area contributed by atoms with Crippen LogP contribution in [-0.4, -0.2) is 113 Å². The summed E-state index contributed by atoms with van der Waals surface area (Å²) in [5.41, 5.74) is -6.53. The number of carbonyl (C=O) groups excluding carboxylic acids is 2. The van der Waals surface area contributed by atoms with Gasteiger partial charge in [0.05, 0.1) is 37.9 Å². The molecule has 0 aromatic carbocycles. The minimum atomic E-state index is -4.27. The lowest BCUT2D eigenvalue weighted by molar-refractivity contribution is -0.241. The van der Waals surface area contributed by atoms with E-state index >= 15 is 0 Å². The summed E-state index contributed by atoms with van der Waals surface area (Å²) in [6.45, 7) is 9.66. The molecule has 4 heterocycles. The lowest BCUT2D eigenvalue weighted by atomic mass is 9.69. The predicted molar refractivity (Wildman–Crippen MR) is 184 cm³/mol. The molecular formula is C36H56N2O11S2. The number of hydrogen-bond acceptors (Lipinski definition) is 11. The van der Waals surface area contributed by atoms with E-state index in [1.807, 2.05) is 0 Å². The third-order valence-electron chi connectivity index (χ3n) is 16.1. The molecule has 51 heavy (non-hydrogen) atoms. The van der Waals surface area contributed by atoms with Gasteiger partial charge in [0.2, 0.25) is 31.5 Å². The van der Waals surface area contributed by atoms with Crippen LogP contribution >= 0.6 is 0 Å². The van der Waals surface area contributed by atoms with Crippen molar-refractivity contribution in [3.63, 3.8) is 0 Å². The molecular weight excluding hydrogens is 701 g/mol. The maximum atomic E-state index is 14.9. The van der Waals surface area contributed by atoms with Gasteiger partial charge in [0, 0.05) is 50.0 Å². The average molecular weight is 757 g/mol. The first-order chi connectivity index (χ1) is 23.9. The van der Waals surface area contributed by atoms with Crippen LogP contribution in [0.25, 0.3) is 0 Å². The Morgan fingerprint density at radius 3 is 1.41 bits per heavy atom. The molecule has 8 aliphatic rings. The number of hydrogen-bond donors (Lipinski definition) is 0. The lowest BCUT2D eigenvalue weighted by Gasteiger charge is -2.47. The van der Waals surface area contributed by atoms with Crippen LogP contribution < -0.4 is 0 Å². The van der Waals surface area contributed by atoms with Crippen molar-refractivity contribution in [2.75, 3.05) is 52.0 Å². The first-order valence-corrected chi connectivity index (χ1v) is 22.2. The van der Waals surface area contributed by atoms with E-state index in [-0.39, 0.29) is 85.2 Å². The van der Waals surface area contributed by atoms with Crippen molar-refractivity contribution in [3.05, 3.63) is 0 Å². The van der Waals surface area contributed by atoms with Gasteiger partial charge in [0.1, 0.15) is 0 Å². The molecule has 8 rings (SSSR count). The standard InChI is InChI=1S/C36H56N2O11S2/c1-31(2)25-9-15-33(31,27-23(25)11-19-47-27)21-50(41,42)37-17-7-13-35(37,29(39)45-5)49-36(30(40)46-6)14-8-18-38(36)51(43,44)22-34-16-10-26(32(34,3)4)24-12-20-48-28(24)34/h23-28H,7-22H2,1-6H3/t23-,24-,25?,26?,27-,28-,33-,34+,35+,36+/m1/s1. The monoisotopic (exact) mass is 756 g/mol. The Labute approximate surface area is 302 Å². The van der Waals surface area contributed by atoms with E-state index in [9.17, 15) is 26.4 Å². The topological polar surface area (TPSA) is 155 Å². The molecule has 15 heteroatoms. The van der Waals surface area contributed by atoms with E-state index in [2.05, 4.69) is 27.7 Å². The summed E-state index contributed by atoms with van der Waals surface area (Å²) in [5, 5.41) is 0. The van der Waals surface area contributed by atoms with Crippen molar-refractivity contribution in [1.29, 1.82) is 0 Å². The van der Waals surface area contributed by atoms with Crippen LogP contribution in [0, 0.1) is 45.3 Å². The number of nitrogens with zero attached hydrogens (tertiary/aromatic N) is 2. The third-order valence-corrected chi connectivity index (χ3v) is 20.1. The fourth-order valence-corrected chi connectivity index (χ4v) is 18.8. The van der Waals surface area contributed by atoms with Gasteiger partial charge in [-0.25, -0.2) is 26.4 Å². The molecule has 0 radical (unpaired) electrons. The van der Waals surface area contributed by atoms with Gasteiger partial charge < -0.3 is 23.7 Å². The quantitative estimate of drug-likeness (QED) is 0.302. The number of esters is 2. The van der Waals surface area contributed by atoms with E-state index in [0.29, 0.717) is 37.9 Å². The normalized spacial score (nSPS) is 45.4. The van der Waals surface area contributed by atoms with Crippen LogP contribution in [-0.2, 0) is 53.3 Å². The summed E-state index contributed by atoms with van der Waals surface area (Å²) in [6.07, 6.45) is 4.88. The summed E-state index contributed by atoms with van der Waals surface area (Å²) in [7, 11) is -6.25. The summed E-state index contributed by atoms with van der Waals surface area (Å²) in [6, 6.07) is 0. The predicted octanol–water partition coefficient (Wildman–Crippen LogP) is 3.28. The van der Waals surface area contributed by atoms with E-state index in [4.69, 9.17) is 23.7 Å². The second-order valence-electron chi connectivity index (χ2n) is 18.1. The highest BCUT2D eigenvalue weighted by atomic mass is 32.2. The maximum Gasteiger partial charge on any atom is 0.354 e. The summed E-state index contributed by atoms with van der Waals surface area (Å²) < 4.78 is 91.5. The SMILES string of the molecule is COC(=O)[C@@]1(O[C@]2(C(=O)OC)CCCN2S(=O)(=O)C[C@]23CCC([C@H]4CCO[C@H]42)C3(C)C)CCCN1S(=O)(=O)C[C@@]12CCC([C@H]3CCO[C@H]31)C2(C)C. The highest BCUT2D eigenvalue weighted by Gasteiger charge is 2.74. The van der Waals surface area contributed by atoms with Crippen molar-refractivity contribution in [1.82, 2.24) is 8.61 Å². The average Bonchev–Trinajstić information content (AvgIpc) is 3.93. The Hall–Kier alpha value is -1.36. The lowest BCUT2D eigenvalue weighted by Crippen LogP contribution is -2.67. The van der Waals surface area contributed by atoms with Gasteiger partial charge in [-0.15, -0.1) is 0 Å². The third kappa shape index (κ3) is 4.54. The Kier molecular flexibility index (Phi) is 8.31. The van der Waals surface area contributed by atoms with Crippen molar-refractivity contribution >= 4 is 32.0 Å². The minimum absolute atomic E-state index is 0.0462. The zero-order valence-electron chi connectivity index (χ0n) is 31.0. The largest absolute Gasteiger partial charge is 0.466 e. The Morgan fingerprint density at radius 2 is 1.04 bits per heavy atom. The maximum absolute atomic E-state index is 14.9. The van der Waals surface area contributed by atoms with Gasteiger partial charge in [0.25, 0.3) is 0 Å². The van der Waals surface area contributed by atoms with Crippen LogP contribution in [0.3, 0.4) is 0 Å². The molecule has 4 aliphatic carbocycles. The number of rotatable bonds is 10. The van der Waals surface area contributed by atoms with Gasteiger partial charge in [-0.1, -0.05) is 27.7 Å². The van der Waals surface area contributed by atoms with Crippen LogP contribution in [0.2, 0.25) is 0 Å². The first-order valence-electron chi connectivity index (χ1n) is 19.0. The van der Waals surface area contributed by atoms with E-state index in [1.54, 1.807) is 0 Å². The summed E-state index contributed by atoms with van der Waals surface area (Å²) >= 11 is 0. The van der Waals surface area contributed by atoms with Crippen LogP contribution in [0.5, 0.6) is 0 Å². The van der Waals surface area contributed by atoms with Crippen LogP contribution in [0.1, 0.15) is 91.9 Å². The van der Waals surface area contributed by atoms with Gasteiger partial charge in [0.15, 0.2) is 0 Å². The van der Waals surface area contributed by atoms with Crippen molar-refractivity contribution in [3.8, 4) is 0 Å². The Bertz CT molecular complexity index is 1580. The zero-order valence-corrected chi connectivity index (χ0v) is 32.6. The first kappa shape index (κ1) is 36.6. The van der Waals surface area contributed by atoms with E-state index in [1.165, 1.54) is 0 Å². The molecule has 0 amide bonds. The number of carbonyl (C=O) groups is 2. The summed E-state index contributed by atoms with van der Waals surface area (Å²) in [5.74, 6) is -1.23. The van der Waals surface area contributed by atoms with Gasteiger partial charge in [-0.05, 0) is 85.9 Å². The Morgan fingerprint density at radius 1 is 0.647 bits per heavy atom. The van der Waals surface area contributed by atoms with E-state index in [0.717, 1.165) is 48.5 Å². The van der Waals surface area contributed by atoms with Crippen molar-refractivity contribution in [2.24, 2.45) is 45.3 Å². The summed E-state index contributed by atoms with van der Waals surface area (Å²) in [4.78, 5) is 28.1. The molecule has 13 nitrogen and oxygen atoms in total. The number of fused-ring (bicyclic) bond motifs is 10. The van der Waals surface area contributed by atoms with Gasteiger partial charge in [-0.3, -0.25) is 0 Å². The van der Waals surface area contributed by atoms with Crippen molar-refractivity contribution in [2.45, 2.75) is 116 Å². The molecule has 4 bridgehead atoms. The molecule has 0 N–H and O–H groups in total. The highest BCUT2D eigenvalue weighted by molar-refractivity contribution is 7.89. The molecule has 2 unspecified atom stereocenters. The molecule has 4 aliphatic heterocycles. The second kappa shape index (κ2) is 11.6. The van der Waals surface area contributed by atoms with Crippen molar-refractivity contribution < 1.29 is 50.1 Å². The molecule has 0 spiro atoms. The number of methoxy groups -OCH3 is 2. The van der Waals surface area contributed by atoms with Crippen LogP contribution in [0.4, 0.5) is 0 Å². The van der Waals surface area contributed by atoms with Crippen LogP contribution in [0.15, 0.2) is 0 Å². The fourth-order valence-electron chi connectivity index (χ4n) is 13.7.